The number of carbonyl (C=O) groups excluding carboxylic acids is 1. The summed E-state index contributed by atoms with van der Waals surface area (Å²) in [5.41, 5.74) is 2.24. The Kier molecular flexibility index (Phi) is 4.29. The van der Waals surface area contributed by atoms with E-state index in [2.05, 4.69) is 5.10 Å². The number of hydrogen-bond acceptors (Lipinski definition) is 3. The number of benzene rings is 1. The van der Waals surface area contributed by atoms with Gasteiger partial charge in [-0.25, -0.2) is 4.39 Å². The zero-order valence-electron chi connectivity index (χ0n) is 14.3. The van der Waals surface area contributed by atoms with Gasteiger partial charge >= 0.3 is 0 Å². The van der Waals surface area contributed by atoms with E-state index in [1.807, 2.05) is 13.2 Å². The van der Waals surface area contributed by atoms with Crippen LogP contribution in [0.15, 0.2) is 30.5 Å². The van der Waals surface area contributed by atoms with Gasteiger partial charge in [-0.3, -0.25) is 9.48 Å². The molecule has 1 atom stereocenters. The fourth-order valence-electron chi connectivity index (χ4n) is 3.49. The highest BCUT2D eigenvalue weighted by atomic mass is 19.1. The van der Waals surface area contributed by atoms with Gasteiger partial charge in [0.1, 0.15) is 5.82 Å². The molecule has 1 aromatic heterocycles. The van der Waals surface area contributed by atoms with E-state index in [0.717, 1.165) is 24.3 Å². The number of aromatic nitrogens is 2. The van der Waals surface area contributed by atoms with Gasteiger partial charge in [-0.05, 0) is 42.9 Å². The van der Waals surface area contributed by atoms with Gasteiger partial charge in [0.2, 0.25) is 0 Å². The van der Waals surface area contributed by atoms with Crippen LogP contribution in [0.25, 0.3) is 0 Å². The molecule has 0 saturated heterocycles. The van der Waals surface area contributed by atoms with E-state index in [4.69, 9.17) is 4.74 Å². The number of rotatable bonds is 5. The van der Waals surface area contributed by atoms with E-state index >= 15 is 0 Å². The maximum absolute atomic E-state index is 14.1. The molecule has 2 aromatic rings. The molecule has 0 unspecified atom stereocenters. The van der Waals surface area contributed by atoms with Crippen molar-refractivity contribution in [3.8, 4) is 0 Å². The van der Waals surface area contributed by atoms with Crippen LogP contribution in [0.4, 0.5) is 4.39 Å². The molecule has 1 aromatic carbocycles. The Bertz CT molecular complexity index is 785. The largest absolute Gasteiger partial charge is 0.379 e. The van der Waals surface area contributed by atoms with Gasteiger partial charge in [0.05, 0.1) is 30.1 Å². The molecule has 132 valence electrons. The molecular formula is C19H22FN3O2. The Balaban J connectivity index is 1.61. The second kappa shape index (κ2) is 6.59. The summed E-state index contributed by atoms with van der Waals surface area (Å²) in [6.45, 7) is 1.69. The highest BCUT2D eigenvalue weighted by molar-refractivity contribution is 5.95. The summed E-state index contributed by atoms with van der Waals surface area (Å²) in [6.07, 6.45) is 5.02. The SMILES string of the molecule is Cn1ncc2c1[C@H](COCC1CC1)N(C(=O)c1ccccc1F)CC2. The predicted molar refractivity (Wildman–Crippen MR) is 90.6 cm³/mol. The molecular weight excluding hydrogens is 321 g/mol. The van der Waals surface area contributed by atoms with Crippen LogP contribution in [-0.4, -0.2) is 40.3 Å². The maximum atomic E-state index is 14.1. The van der Waals surface area contributed by atoms with Crippen molar-refractivity contribution < 1.29 is 13.9 Å². The van der Waals surface area contributed by atoms with Gasteiger partial charge in [0.25, 0.3) is 5.91 Å². The smallest absolute Gasteiger partial charge is 0.257 e. The topological polar surface area (TPSA) is 47.4 Å². The summed E-state index contributed by atoms with van der Waals surface area (Å²) in [7, 11) is 1.88. The summed E-state index contributed by atoms with van der Waals surface area (Å²) in [5.74, 6) is -0.115. The Labute approximate surface area is 146 Å². The Morgan fingerprint density at radius 3 is 2.88 bits per heavy atom. The first kappa shape index (κ1) is 16.3. The van der Waals surface area contributed by atoms with Crippen molar-refractivity contribution in [3.05, 3.63) is 53.1 Å². The number of nitrogens with zero attached hydrogens (tertiary/aromatic N) is 3. The average molecular weight is 343 g/mol. The molecule has 1 fully saturated rings. The van der Waals surface area contributed by atoms with Crippen LogP contribution in [0.3, 0.4) is 0 Å². The Morgan fingerprint density at radius 1 is 1.32 bits per heavy atom. The molecule has 25 heavy (non-hydrogen) atoms. The van der Waals surface area contributed by atoms with Gasteiger partial charge in [0, 0.05) is 20.2 Å². The summed E-state index contributed by atoms with van der Waals surface area (Å²) in [6, 6.07) is 5.91. The average Bonchev–Trinajstić information content (AvgIpc) is 3.36. The lowest BCUT2D eigenvalue weighted by atomic mass is 9.99. The molecule has 1 aliphatic carbocycles. The van der Waals surface area contributed by atoms with Crippen LogP contribution in [0.1, 0.15) is 40.5 Å². The molecule has 0 bridgehead atoms. The van der Waals surface area contributed by atoms with E-state index in [9.17, 15) is 9.18 Å². The van der Waals surface area contributed by atoms with Crippen molar-refractivity contribution in [2.75, 3.05) is 19.8 Å². The summed E-state index contributed by atoms with van der Waals surface area (Å²) in [4.78, 5) is 14.7. The van der Waals surface area contributed by atoms with E-state index in [1.165, 1.54) is 18.9 Å². The van der Waals surface area contributed by atoms with Crippen LogP contribution in [0, 0.1) is 11.7 Å². The van der Waals surface area contributed by atoms with E-state index in [-0.39, 0.29) is 17.5 Å². The number of aryl methyl sites for hydroxylation is 1. The third kappa shape index (κ3) is 3.18. The Hall–Kier alpha value is -2.21. The van der Waals surface area contributed by atoms with Gasteiger partial charge in [-0.15, -0.1) is 0 Å². The molecule has 1 saturated carbocycles. The monoisotopic (exact) mass is 343 g/mol. The van der Waals surface area contributed by atoms with Crippen molar-refractivity contribution in [2.24, 2.45) is 13.0 Å². The number of hydrogen-bond donors (Lipinski definition) is 0. The first-order valence-corrected chi connectivity index (χ1v) is 8.79. The molecule has 0 radical (unpaired) electrons. The summed E-state index contributed by atoms with van der Waals surface area (Å²) in [5, 5.41) is 4.34. The highest BCUT2D eigenvalue weighted by Gasteiger charge is 2.35. The third-order valence-corrected chi connectivity index (χ3v) is 5.07. The molecule has 2 aliphatic rings. The second-order valence-corrected chi connectivity index (χ2v) is 6.90. The standard InChI is InChI=1S/C19H22FN3O2/c1-22-18-14(10-21-22)8-9-23(17(18)12-25-11-13-6-7-13)19(24)15-4-2-3-5-16(15)20/h2-5,10,13,17H,6-9,11-12H2,1H3/t17-/m0/s1. The minimum Gasteiger partial charge on any atom is -0.379 e. The van der Waals surface area contributed by atoms with Crippen molar-refractivity contribution in [2.45, 2.75) is 25.3 Å². The molecule has 0 spiro atoms. The number of fused-ring (bicyclic) bond motifs is 1. The summed E-state index contributed by atoms with van der Waals surface area (Å²) < 4.78 is 21.8. The number of halogens is 1. The maximum Gasteiger partial charge on any atom is 0.257 e. The van der Waals surface area contributed by atoms with Crippen LogP contribution in [0.2, 0.25) is 0 Å². The van der Waals surface area contributed by atoms with Gasteiger partial charge in [-0.2, -0.15) is 5.10 Å². The number of ether oxygens (including phenoxy) is 1. The van der Waals surface area contributed by atoms with E-state index < -0.39 is 5.82 Å². The number of carbonyl (C=O) groups is 1. The Morgan fingerprint density at radius 2 is 2.12 bits per heavy atom. The lowest BCUT2D eigenvalue weighted by Crippen LogP contribution is -2.43. The number of amides is 1. The van der Waals surface area contributed by atoms with E-state index in [1.54, 1.807) is 27.8 Å². The van der Waals surface area contributed by atoms with Gasteiger partial charge < -0.3 is 9.64 Å². The predicted octanol–water partition coefficient (Wildman–Crippen LogP) is 2.73. The molecule has 0 N–H and O–H groups in total. The van der Waals surface area contributed by atoms with Crippen molar-refractivity contribution in [1.82, 2.24) is 14.7 Å². The quantitative estimate of drug-likeness (QED) is 0.839. The molecule has 1 amide bonds. The first-order valence-electron chi connectivity index (χ1n) is 8.79. The third-order valence-electron chi connectivity index (χ3n) is 5.07. The minimum atomic E-state index is -0.485. The zero-order chi connectivity index (χ0) is 17.4. The van der Waals surface area contributed by atoms with Crippen molar-refractivity contribution >= 4 is 5.91 Å². The summed E-state index contributed by atoms with van der Waals surface area (Å²) >= 11 is 0. The molecule has 6 heteroatoms. The van der Waals surface area contributed by atoms with Crippen molar-refractivity contribution in [3.63, 3.8) is 0 Å². The van der Waals surface area contributed by atoms with E-state index in [0.29, 0.717) is 19.1 Å². The molecule has 5 nitrogen and oxygen atoms in total. The normalized spacial score (nSPS) is 19.8. The first-order chi connectivity index (χ1) is 12.1. The fourth-order valence-corrected chi connectivity index (χ4v) is 3.49. The molecule has 1 aliphatic heterocycles. The highest BCUT2D eigenvalue weighted by Crippen LogP contribution is 2.33. The van der Waals surface area contributed by atoms with Gasteiger partial charge in [-0.1, -0.05) is 12.1 Å². The van der Waals surface area contributed by atoms with Crippen LogP contribution in [-0.2, 0) is 18.2 Å². The van der Waals surface area contributed by atoms with Crippen LogP contribution in [0.5, 0.6) is 0 Å². The van der Waals surface area contributed by atoms with Gasteiger partial charge in [0.15, 0.2) is 0 Å². The van der Waals surface area contributed by atoms with Crippen LogP contribution >= 0.6 is 0 Å². The minimum absolute atomic E-state index is 0.111. The zero-order valence-corrected chi connectivity index (χ0v) is 14.3. The molecule has 4 rings (SSSR count). The van der Waals surface area contributed by atoms with Crippen LogP contribution < -0.4 is 0 Å². The lowest BCUT2D eigenvalue weighted by molar-refractivity contribution is 0.0345. The van der Waals surface area contributed by atoms with Crippen molar-refractivity contribution in [1.29, 1.82) is 0 Å². The second-order valence-electron chi connectivity index (χ2n) is 6.90. The fraction of sp³-hybridized carbons (Fsp3) is 0.474. The lowest BCUT2D eigenvalue weighted by Gasteiger charge is -2.36. The molecule has 2 heterocycles.